The third-order valence-corrected chi connectivity index (χ3v) is 4.10. The molecule has 0 unspecified atom stereocenters. The van der Waals surface area contributed by atoms with Gasteiger partial charge in [0.05, 0.1) is 7.11 Å². The number of hydrogen-bond donors (Lipinski definition) is 2. The van der Waals surface area contributed by atoms with E-state index in [1.165, 1.54) is 11.3 Å². The van der Waals surface area contributed by atoms with E-state index in [-0.39, 0.29) is 17.5 Å². The van der Waals surface area contributed by atoms with E-state index in [0.29, 0.717) is 22.1 Å². The zero-order valence-corrected chi connectivity index (χ0v) is 14.2. The highest BCUT2D eigenvalue weighted by molar-refractivity contribution is 7.14. The molecule has 126 valence electrons. The molecule has 7 heteroatoms. The van der Waals surface area contributed by atoms with Gasteiger partial charge in [0.25, 0.3) is 11.8 Å². The number of aromatic nitrogens is 1. The van der Waals surface area contributed by atoms with Crippen molar-refractivity contribution in [2.45, 2.75) is 0 Å². The van der Waals surface area contributed by atoms with Crippen molar-refractivity contribution in [2.75, 3.05) is 17.7 Å². The van der Waals surface area contributed by atoms with Crippen LogP contribution in [0.15, 0.2) is 60.0 Å². The van der Waals surface area contributed by atoms with E-state index in [1.807, 2.05) is 18.2 Å². The van der Waals surface area contributed by atoms with Crippen molar-refractivity contribution < 1.29 is 14.3 Å². The molecule has 1 aromatic heterocycles. The van der Waals surface area contributed by atoms with Gasteiger partial charge >= 0.3 is 0 Å². The van der Waals surface area contributed by atoms with Crippen LogP contribution >= 0.6 is 11.3 Å². The number of rotatable bonds is 5. The van der Waals surface area contributed by atoms with Crippen LogP contribution < -0.4 is 15.4 Å². The molecule has 3 rings (SSSR count). The molecule has 0 saturated carbocycles. The van der Waals surface area contributed by atoms with E-state index in [9.17, 15) is 9.59 Å². The van der Waals surface area contributed by atoms with E-state index in [2.05, 4.69) is 15.6 Å². The van der Waals surface area contributed by atoms with Crippen molar-refractivity contribution in [1.82, 2.24) is 4.98 Å². The van der Waals surface area contributed by atoms with Gasteiger partial charge in [0, 0.05) is 16.6 Å². The molecule has 1 heterocycles. The van der Waals surface area contributed by atoms with E-state index >= 15 is 0 Å². The number of carbonyl (C=O) groups excluding carboxylic acids is 2. The lowest BCUT2D eigenvalue weighted by Crippen LogP contribution is -2.14. The fourth-order valence-corrected chi connectivity index (χ4v) is 2.75. The first kappa shape index (κ1) is 16.7. The summed E-state index contributed by atoms with van der Waals surface area (Å²) in [4.78, 5) is 28.5. The molecule has 3 aromatic rings. The van der Waals surface area contributed by atoms with Gasteiger partial charge in [-0.15, -0.1) is 11.3 Å². The number of methoxy groups -OCH3 is 1. The maximum absolute atomic E-state index is 12.2. The summed E-state index contributed by atoms with van der Waals surface area (Å²) in [5.74, 6) is 0.0464. The Bertz CT molecular complexity index is 876. The number of amides is 2. The molecule has 0 aliphatic carbocycles. The summed E-state index contributed by atoms with van der Waals surface area (Å²) in [5.41, 5.74) is 1.41. The summed E-state index contributed by atoms with van der Waals surface area (Å²) < 4.78 is 5.06. The number of hydrogen-bond acceptors (Lipinski definition) is 5. The molecule has 0 spiro atoms. The Labute approximate surface area is 148 Å². The number of anilines is 2. The lowest BCUT2D eigenvalue weighted by Gasteiger charge is -2.03. The first-order valence-corrected chi connectivity index (χ1v) is 8.31. The average Bonchev–Trinajstić information content (AvgIpc) is 3.11. The number of para-hydroxylation sites is 1. The first-order chi connectivity index (χ1) is 12.2. The van der Waals surface area contributed by atoms with Crippen LogP contribution in [-0.4, -0.2) is 23.9 Å². The molecular weight excluding hydrogens is 338 g/mol. The fourth-order valence-electron chi connectivity index (χ4n) is 2.06. The van der Waals surface area contributed by atoms with Crippen LogP contribution in [-0.2, 0) is 0 Å². The van der Waals surface area contributed by atoms with E-state index in [0.717, 1.165) is 0 Å². The minimum atomic E-state index is -0.326. The Morgan fingerprint density at radius 3 is 2.36 bits per heavy atom. The lowest BCUT2D eigenvalue weighted by molar-refractivity contribution is 0.101. The Balaban J connectivity index is 1.64. The zero-order valence-electron chi connectivity index (χ0n) is 13.4. The number of thiazole rings is 1. The van der Waals surface area contributed by atoms with Gasteiger partial charge in [0.2, 0.25) is 0 Å². The van der Waals surface area contributed by atoms with Crippen molar-refractivity contribution in [2.24, 2.45) is 0 Å². The van der Waals surface area contributed by atoms with Gasteiger partial charge in [-0.05, 0) is 36.4 Å². The number of benzene rings is 2. The second-order valence-electron chi connectivity index (χ2n) is 5.04. The SMILES string of the molecule is COc1ccc(C(=O)Nc2nc(C(=O)Nc3ccccc3)cs2)cc1. The molecule has 0 aliphatic heterocycles. The molecule has 0 fully saturated rings. The normalized spacial score (nSPS) is 10.1. The van der Waals surface area contributed by atoms with Crippen LogP contribution in [0.25, 0.3) is 0 Å². The third kappa shape index (κ3) is 4.21. The van der Waals surface area contributed by atoms with Gasteiger partial charge in [-0.1, -0.05) is 18.2 Å². The average molecular weight is 353 g/mol. The van der Waals surface area contributed by atoms with Gasteiger partial charge in [0.1, 0.15) is 11.4 Å². The van der Waals surface area contributed by atoms with E-state index in [1.54, 1.807) is 48.9 Å². The predicted molar refractivity (Wildman–Crippen MR) is 97.5 cm³/mol. The molecule has 0 bridgehead atoms. The molecule has 0 aliphatic rings. The summed E-state index contributed by atoms with van der Waals surface area (Å²) in [6.07, 6.45) is 0. The van der Waals surface area contributed by atoms with Crippen LogP contribution in [0.1, 0.15) is 20.8 Å². The second-order valence-corrected chi connectivity index (χ2v) is 5.90. The summed E-state index contributed by atoms with van der Waals surface area (Å²) in [5, 5.41) is 7.39. The van der Waals surface area contributed by atoms with Crippen molar-refractivity contribution in [3.05, 3.63) is 71.2 Å². The molecule has 6 nitrogen and oxygen atoms in total. The Morgan fingerprint density at radius 1 is 0.960 bits per heavy atom. The Morgan fingerprint density at radius 2 is 1.68 bits per heavy atom. The maximum Gasteiger partial charge on any atom is 0.275 e. The minimum Gasteiger partial charge on any atom is -0.497 e. The van der Waals surface area contributed by atoms with Crippen LogP contribution in [0.5, 0.6) is 5.75 Å². The van der Waals surface area contributed by atoms with Gasteiger partial charge in [-0.2, -0.15) is 0 Å². The van der Waals surface area contributed by atoms with Gasteiger partial charge < -0.3 is 10.1 Å². The highest BCUT2D eigenvalue weighted by atomic mass is 32.1. The third-order valence-electron chi connectivity index (χ3n) is 3.34. The number of ether oxygens (including phenoxy) is 1. The summed E-state index contributed by atoms with van der Waals surface area (Å²) in [6, 6.07) is 15.8. The van der Waals surface area contributed by atoms with Crippen molar-refractivity contribution in [3.8, 4) is 5.75 Å². The van der Waals surface area contributed by atoms with E-state index in [4.69, 9.17) is 4.74 Å². The highest BCUT2D eigenvalue weighted by Crippen LogP contribution is 2.19. The standard InChI is InChI=1S/C18H15N3O3S/c1-24-14-9-7-12(8-10-14)16(22)21-18-20-15(11-25-18)17(23)19-13-5-3-2-4-6-13/h2-11H,1H3,(H,19,23)(H,20,21,22). The monoisotopic (exact) mass is 353 g/mol. The first-order valence-electron chi connectivity index (χ1n) is 7.43. The summed E-state index contributed by atoms with van der Waals surface area (Å²) in [7, 11) is 1.56. The molecular formula is C18H15N3O3S. The van der Waals surface area contributed by atoms with Gasteiger partial charge in [-0.25, -0.2) is 4.98 Å². The summed E-state index contributed by atoms with van der Waals surface area (Å²) >= 11 is 1.19. The molecule has 2 aromatic carbocycles. The number of carbonyl (C=O) groups is 2. The Kier molecular flexibility index (Phi) is 5.06. The van der Waals surface area contributed by atoms with Crippen molar-refractivity contribution >= 4 is 34.0 Å². The largest absolute Gasteiger partial charge is 0.497 e. The predicted octanol–water partition coefficient (Wildman–Crippen LogP) is 3.66. The molecule has 0 radical (unpaired) electrons. The molecule has 0 atom stereocenters. The van der Waals surface area contributed by atoms with Crippen LogP contribution in [0.3, 0.4) is 0 Å². The smallest absolute Gasteiger partial charge is 0.275 e. The second kappa shape index (κ2) is 7.59. The Hall–Kier alpha value is -3.19. The van der Waals surface area contributed by atoms with Gasteiger partial charge in [0.15, 0.2) is 5.13 Å². The number of nitrogens with one attached hydrogen (secondary N) is 2. The lowest BCUT2D eigenvalue weighted by atomic mass is 10.2. The zero-order chi connectivity index (χ0) is 17.6. The molecule has 25 heavy (non-hydrogen) atoms. The van der Waals surface area contributed by atoms with Crippen LogP contribution in [0.4, 0.5) is 10.8 Å². The summed E-state index contributed by atoms with van der Waals surface area (Å²) in [6.45, 7) is 0. The molecule has 2 N–H and O–H groups in total. The maximum atomic E-state index is 12.2. The topological polar surface area (TPSA) is 80.3 Å². The van der Waals surface area contributed by atoms with E-state index < -0.39 is 0 Å². The quantitative estimate of drug-likeness (QED) is 0.734. The fraction of sp³-hybridized carbons (Fsp3) is 0.0556. The van der Waals surface area contributed by atoms with Crippen molar-refractivity contribution in [1.29, 1.82) is 0 Å². The molecule has 0 saturated heterocycles. The molecule has 2 amide bonds. The number of nitrogens with zero attached hydrogens (tertiary/aromatic N) is 1. The minimum absolute atomic E-state index is 0.249. The van der Waals surface area contributed by atoms with Crippen molar-refractivity contribution in [3.63, 3.8) is 0 Å². The van der Waals surface area contributed by atoms with Crippen LogP contribution in [0, 0.1) is 0 Å². The highest BCUT2D eigenvalue weighted by Gasteiger charge is 2.13. The van der Waals surface area contributed by atoms with Gasteiger partial charge in [-0.3, -0.25) is 14.9 Å². The van der Waals surface area contributed by atoms with Crippen LogP contribution in [0.2, 0.25) is 0 Å².